The first kappa shape index (κ1) is 14.8. The van der Waals surface area contributed by atoms with E-state index in [0.717, 1.165) is 12.1 Å². The second-order valence-electron chi connectivity index (χ2n) is 4.57. The standard InChI is InChI=1S/C13H15F3N2O2/c14-13(15,16)11-5-10(6-12(7-11)17-9-19)8-18-1-3-20-4-2-18/h5-7,9H,1-4,8H2,(H,17,19). The highest BCUT2D eigenvalue weighted by Gasteiger charge is 2.31. The first-order chi connectivity index (χ1) is 9.49. The summed E-state index contributed by atoms with van der Waals surface area (Å²) < 4.78 is 43.6. The number of hydrogen-bond acceptors (Lipinski definition) is 3. The van der Waals surface area contributed by atoms with Gasteiger partial charge in [-0.25, -0.2) is 0 Å². The van der Waals surface area contributed by atoms with E-state index >= 15 is 0 Å². The lowest BCUT2D eigenvalue weighted by atomic mass is 10.1. The van der Waals surface area contributed by atoms with Crippen LogP contribution in [0, 0.1) is 0 Å². The van der Waals surface area contributed by atoms with Crippen LogP contribution in [0.1, 0.15) is 11.1 Å². The van der Waals surface area contributed by atoms with Crippen molar-refractivity contribution in [3.05, 3.63) is 29.3 Å². The third-order valence-electron chi connectivity index (χ3n) is 3.06. The molecule has 1 heterocycles. The van der Waals surface area contributed by atoms with Crippen molar-refractivity contribution < 1.29 is 22.7 Å². The number of halogens is 3. The van der Waals surface area contributed by atoms with Gasteiger partial charge in [-0.05, 0) is 23.8 Å². The van der Waals surface area contributed by atoms with E-state index in [4.69, 9.17) is 4.74 Å². The van der Waals surface area contributed by atoms with Gasteiger partial charge in [0, 0.05) is 25.3 Å². The molecule has 0 spiro atoms. The fourth-order valence-corrected chi connectivity index (χ4v) is 2.12. The van der Waals surface area contributed by atoms with Gasteiger partial charge in [-0.15, -0.1) is 0 Å². The molecular weight excluding hydrogens is 273 g/mol. The number of rotatable bonds is 4. The predicted molar refractivity (Wildman–Crippen MR) is 67.2 cm³/mol. The van der Waals surface area contributed by atoms with Crippen LogP contribution in [-0.4, -0.2) is 37.6 Å². The number of morpholine rings is 1. The predicted octanol–water partition coefficient (Wildman–Crippen LogP) is 2.11. The highest BCUT2D eigenvalue weighted by molar-refractivity contribution is 5.72. The van der Waals surface area contributed by atoms with E-state index in [0.29, 0.717) is 44.8 Å². The van der Waals surface area contributed by atoms with Gasteiger partial charge < -0.3 is 10.1 Å². The van der Waals surface area contributed by atoms with Crippen LogP contribution >= 0.6 is 0 Å². The van der Waals surface area contributed by atoms with Gasteiger partial charge in [-0.1, -0.05) is 0 Å². The van der Waals surface area contributed by atoms with E-state index in [-0.39, 0.29) is 5.69 Å². The van der Waals surface area contributed by atoms with Crippen LogP contribution in [0.25, 0.3) is 0 Å². The number of nitrogens with zero attached hydrogens (tertiary/aromatic N) is 1. The molecule has 20 heavy (non-hydrogen) atoms. The molecule has 1 fully saturated rings. The molecule has 0 aliphatic carbocycles. The van der Waals surface area contributed by atoms with Crippen molar-refractivity contribution in [3.63, 3.8) is 0 Å². The van der Waals surface area contributed by atoms with E-state index in [9.17, 15) is 18.0 Å². The molecule has 2 rings (SSSR count). The first-order valence-electron chi connectivity index (χ1n) is 6.20. The fraction of sp³-hybridized carbons (Fsp3) is 0.462. The molecule has 110 valence electrons. The Labute approximate surface area is 114 Å². The van der Waals surface area contributed by atoms with Crippen LogP contribution in [0.3, 0.4) is 0 Å². The number of alkyl halides is 3. The van der Waals surface area contributed by atoms with Crippen molar-refractivity contribution in [2.45, 2.75) is 12.7 Å². The average molecular weight is 288 g/mol. The molecule has 1 saturated heterocycles. The molecule has 1 aromatic rings. The van der Waals surface area contributed by atoms with Gasteiger partial charge >= 0.3 is 6.18 Å². The molecule has 0 bridgehead atoms. The smallest absolute Gasteiger partial charge is 0.379 e. The summed E-state index contributed by atoms with van der Waals surface area (Å²) in [7, 11) is 0. The van der Waals surface area contributed by atoms with Gasteiger partial charge in [0.25, 0.3) is 0 Å². The van der Waals surface area contributed by atoms with E-state index in [1.807, 2.05) is 4.90 Å². The topological polar surface area (TPSA) is 41.6 Å². The lowest BCUT2D eigenvalue weighted by molar-refractivity contribution is -0.137. The minimum absolute atomic E-state index is 0.151. The molecule has 1 aromatic carbocycles. The maximum absolute atomic E-state index is 12.8. The molecule has 4 nitrogen and oxygen atoms in total. The van der Waals surface area contributed by atoms with Crippen LogP contribution in [-0.2, 0) is 22.3 Å². The number of benzene rings is 1. The monoisotopic (exact) mass is 288 g/mol. The van der Waals surface area contributed by atoms with E-state index in [1.54, 1.807) is 6.07 Å². The summed E-state index contributed by atoms with van der Waals surface area (Å²) in [5.74, 6) is 0. The lowest BCUT2D eigenvalue weighted by Gasteiger charge is -2.27. The van der Waals surface area contributed by atoms with Gasteiger partial charge in [0.05, 0.1) is 18.8 Å². The summed E-state index contributed by atoms with van der Waals surface area (Å²) in [5, 5.41) is 2.27. The molecule has 1 aliphatic rings. The summed E-state index contributed by atoms with van der Waals surface area (Å²) in [6.45, 7) is 2.94. The second kappa shape index (κ2) is 6.23. The number of amides is 1. The van der Waals surface area contributed by atoms with Crippen molar-refractivity contribution in [1.29, 1.82) is 0 Å². The Morgan fingerprint density at radius 3 is 2.55 bits per heavy atom. The first-order valence-corrected chi connectivity index (χ1v) is 6.20. The number of anilines is 1. The zero-order valence-corrected chi connectivity index (χ0v) is 10.7. The Morgan fingerprint density at radius 1 is 1.25 bits per heavy atom. The van der Waals surface area contributed by atoms with Crippen molar-refractivity contribution in [3.8, 4) is 0 Å². The average Bonchev–Trinajstić information content (AvgIpc) is 2.39. The summed E-state index contributed by atoms with van der Waals surface area (Å²) in [6, 6.07) is 3.60. The molecule has 1 aliphatic heterocycles. The highest BCUT2D eigenvalue weighted by atomic mass is 19.4. The highest BCUT2D eigenvalue weighted by Crippen LogP contribution is 2.32. The van der Waals surface area contributed by atoms with Gasteiger partial charge in [0.15, 0.2) is 0 Å². The molecular formula is C13H15F3N2O2. The van der Waals surface area contributed by atoms with Crippen molar-refractivity contribution >= 4 is 12.1 Å². The quantitative estimate of drug-likeness (QED) is 0.863. The number of nitrogens with one attached hydrogen (secondary N) is 1. The zero-order valence-electron chi connectivity index (χ0n) is 10.7. The number of ether oxygens (including phenoxy) is 1. The molecule has 7 heteroatoms. The molecule has 1 N–H and O–H groups in total. The van der Waals surface area contributed by atoms with Crippen molar-refractivity contribution in [1.82, 2.24) is 4.90 Å². The summed E-state index contributed by atoms with van der Waals surface area (Å²) >= 11 is 0. The van der Waals surface area contributed by atoms with Gasteiger partial charge in [0.1, 0.15) is 0 Å². The summed E-state index contributed by atoms with van der Waals surface area (Å²) in [5.41, 5.74) is -0.0863. The summed E-state index contributed by atoms with van der Waals surface area (Å²) in [4.78, 5) is 12.4. The Morgan fingerprint density at radius 2 is 1.95 bits per heavy atom. The number of carbonyl (C=O) groups is 1. The minimum atomic E-state index is -4.43. The van der Waals surface area contributed by atoms with E-state index in [2.05, 4.69) is 5.32 Å². The summed E-state index contributed by atoms with van der Waals surface area (Å²) in [6.07, 6.45) is -4.06. The second-order valence-corrected chi connectivity index (χ2v) is 4.57. The molecule has 0 unspecified atom stereocenters. The van der Waals surface area contributed by atoms with Crippen LogP contribution in [0.15, 0.2) is 18.2 Å². The van der Waals surface area contributed by atoms with Crippen molar-refractivity contribution in [2.24, 2.45) is 0 Å². The lowest BCUT2D eigenvalue weighted by Crippen LogP contribution is -2.35. The molecule has 0 saturated carbocycles. The largest absolute Gasteiger partial charge is 0.416 e. The van der Waals surface area contributed by atoms with Crippen LogP contribution in [0.4, 0.5) is 18.9 Å². The van der Waals surface area contributed by atoms with Gasteiger partial charge in [0.2, 0.25) is 6.41 Å². The third-order valence-corrected chi connectivity index (χ3v) is 3.06. The fourth-order valence-electron chi connectivity index (χ4n) is 2.12. The Balaban J connectivity index is 2.21. The Hall–Kier alpha value is -1.60. The van der Waals surface area contributed by atoms with Crippen LogP contribution < -0.4 is 5.32 Å². The number of carbonyl (C=O) groups excluding carboxylic acids is 1. The minimum Gasteiger partial charge on any atom is -0.379 e. The van der Waals surface area contributed by atoms with Crippen LogP contribution in [0.2, 0.25) is 0 Å². The van der Waals surface area contributed by atoms with Gasteiger partial charge in [-0.2, -0.15) is 13.2 Å². The molecule has 0 atom stereocenters. The van der Waals surface area contributed by atoms with Crippen LogP contribution in [0.5, 0.6) is 0 Å². The normalized spacial score (nSPS) is 16.9. The Kier molecular flexibility index (Phi) is 4.61. The maximum Gasteiger partial charge on any atom is 0.416 e. The Bertz CT molecular complexity index is 471. The van der Waals surface area contributed by atoms with E-state index < -0.39 is 11.7 Å². The third kappa shape index (κ3) is 3.94. The SMILES string of the molecule is O=CNc1cc(CN2CCOCC2)cc(C(F)(F)F)c1. The van der Waals surface area contributed by atoms with Crippen molar-refractivity contribution in [2.75, 3.05) is 31.6 Å². The maximum atomic E-state index is 12.8. The molecule has 1 amide bonds. The molecule has 0 aromatic heterocycles. The van der Waals surface area contributed by atoms with E-state index in [1.165, 1.54) is 0 Å². The molecule has 0 radical (unpaired) electrons. The van der Waals surface area contributed by atoms with Gasteiger partial charge in [-0.3, -0.25) is 9.69 Å². The number of hydrogen-bond donors (Lipinski definition) is 1. The zero-order chi connectivity index (χ0) is 14.6.